The maximum atomic E-state index is 14.4. The fourth-order valence-electron chi connectivity index (χ4n) is 8.12. The molecular weight excluding hydrogens is 472 g/mol. The Bertz CT molecular complexity index is 1400. The van der Waals surface area contributed by atoms with E-state index in [1.54, 1.807) is 48.7 Å². The average molecular weight is 507 g/mol. The second-order valence-electron chi connectivity index (χ2n) is 12.1. The minimum absolute atomic E-state index is 0.0511. The molecule has 2 unspecified atom stereocenters. The first-order chi connectivity index (χ1) is 17.4. The number of hydrogen-bond acceptors (Lipinski definition) is 7. The summed E-state index contributed by atoms with van der Waals surface area (Å²) in [7, 11) is 0. The molecule has 4 aliphatic carbocycles. The van der Waals surface area contributed by atoms with E-state index in [2.05, 4.69) is 18.8 Å². The fraction of sp³-hybridized carbons (Fsp3) is 0.552. The van der Waals surface area contributed by atoms with Crippen molar-refractivity contribution < 1.29 is 29.6 Å². The Morgan fingerprint density at radius 1 is 1.27 bits per heavy atom. The lowest BCUT2D eigenvalue weighted by atomic mass is 9.59. The van der Waals surface area contributed by atoms with Gasteiger partial charge in [-0.3, -0.25) is 9.20 Å². The first-order valence-electron chi connectivity index (χ1n) is 13.0. The number of ether oxygens (including phenoxy) is 1. The van der Waals surface area contributed by atoms with Crippen LogP contribution in [0.5, 0.6) is 0 Å². The van der Waals surface area contributed by atoms with Crippen molar-refractivity contribution in [1.29, 1.82) is 0 Å². The number of aliphatic hydroxyl groups is 3. The molecule has 8 atom stereocenters. The second-order valence-corrected chi connectivity index (χ2v) is 12.1. The number of allylic oxidation sites excluding steroid dienone is 1. The molecule has 0 amide bonds. The zero-order chi connectivity index (χ0) is 26.7. The largest absolute Gasteiger partial charge is 0.450 e. The molecule has 8 nitrogen and oxygen atoms in total. The molecule has 0 radical (unpaired) electrons. The molecule has 0 saturated heterocycles. The summed E-state index contributed by atoms with van der Waals surface area (Å²) in [5, 5.41) is 34.5. The van der Waals surface area contributed by atoms with Crippen LogP contribution < -0.4 is 0 Å². The number of nitrogens with zero attached hydrogens (tertiary/aromatic N) is 2. The van der Waals surface area contributed by atoms with Gasteiger partial charge in [0.2, 0.25) is 0 Å². The van der Waals surface area contributed by atoms with Crippen LogP contribution in [0.25, 0.3) is 5.65 Å². The van der Waals surface area contributed by atoms with Gasteiger partial charge in [-0.1, -0.05) is 39.0 Å². The Hall–Kier alpha value is -2.81. The highest BCUT2D eigenvalue weighted by Gasteiger charge is 2.76. The van der Waals surface area contributed by atoms with Crippen molar-refractivity contribution in [2.75, 3.05) is 6.61 Å². The topological polar surface area (TPSA) is 121 Å². The van der Waals surface area contributed by atoms with Crippen molar-refractivity contribution in [1.82, 2.24) is 9.38 Å². The van der Waals surface area contributed by atoms with E-state index in [4.69, 9.17) is 4.74 Å². The lowest BCUT2D eigenvalue weighted by molar-refractivity contribution is -0.190. The second kappa shape index (κ2) is 7.62. The van der Waals surface area contributed by atoms with Crippen LogP contribution in [0.3, 0.4) is 0 Å². The lowest BCUT2D eigenvalue weighted by Gasteiger charge is -2.48. The van der Waals surface area contributed by atoms with Gasteiger partial charge in [0.15, 0.2) is 23.2 Å². The smallest absolute Gasteiger partial charge is 0.357 e. The first-order valence-corrected chi connectivity index (χ1v) is 13.0. The van der Waals surface area contributed by atoms with Crippen LogP contribution in [0.2, 0.25) is 0 Å². The van der Waals surface area contributed by atoms with E-state index in [1.807, 2.05) is 13.0 Å². The number of aryl methyl sites for hydroxylation is 1. The van der Waals surface area contributed by atoms with Gasteiger partial charge in [-0.25, -0.2) is 9.78 Å². The molecule has 196 valence electrons. The van der Waals surface area contributed by atoms with Crippen molar-refractivity contribution in [3.63, 3.8) is 0 Å². The van der Waals surface area contributed by atoms with Crippen molar-refractivity contribution >= 4 is 17.4 Å². The van der Waals surface area contributed by atoms with E-state index in [-0.39, 0.29) is 40.2 Å². The molecule has 6 rings (SSSR count). The normalized spacial score (nSPS) is 39.7. The summed E-state index contributed by atoms with van der Waals surface area (Å²) in [5.41, 5.74) is -1.71. The molecule has 2 heterocycles. The van der Waals surface area contributed by atoms with Gasteiger partial charge in [-0.15, -0.1) is 0 Å². The summed E-state index contributed by atoms with van der Waals surface area (Å²) in [4.78, 5) is 32.5. The molecule has 0 aliphatic heterocycles. The summed E-state index contributed by atoms with van der Waals surface area (Å²) in [6.45, 7) is 9.16. The van der Waals surface area contributed by atoms with Crippen molar-refractivity contribution in [2.24, 2.45) is 34.5 Å². The number of ketones is 1. The predicted molar refractivity (Wildman–Crippen MR) is 134 cm³/mol. The van der Waals surface area contributed by atoms with Gasteiger partial charge in [0.25, 0.3) is 0 Å². The SMILES string of the molecule is CC1=CC23C(=O)[C@@H](C=C(CO)[C@@H](O)[C@]2(O)[C@H]1OC(=O)c1c(C)nc2ccccn12)[C@H]1[C@@H](CC3C)C1(C)C. The number of esters is 1. The Morgan fingerprint density at radius 2 is 2.00 bits per heavy atom. The molecular formula is C29H34N2O6. The number of aliphatic hydroxyl groups excluding tert-OH is 2. The van der Waals surface area contributed by atoms with Gasteiger partial charge in [0.05, 0.1) is 17.7 Å². The highest BCUT2D eigenvalue weighted by atomic mass is 16.6. The number of rotatable bonds is 3. The van der Waals surface area contributed by atoms with Crippen LogP contribution in [0, 0.1) is 41.4 Å². The number of carbonyl (C=O) groups excluding carboxylic acids is 2. The molecule has 37 heavy (non-hydrogen) atoms. The Balaban J connectivity index is 1.48. The highest BCUT2D eigenvalue weighted by molar-refractivity contribution is 5.96. The molecule has 1 spiro atoms. The zero-order valence-electron chi connectivity index (χ0n) is 21.8. The summed E-state index contributed by atoms with van der Waals surface area (Å²) >= 11 is 0. The number of fused-ring (bicyclic) bond motifs is 4. The third kappa shape index (κ3) is 2.86. The van der Waals surface area contributed by atoms with E-state index in [0.717, 1.165) is 0 Å². The third-order valence-corrected chi connectivity index (χ3v) is 10.0. The standard InChI is InChI=1S/C29H34N2O6/c1-14-12-28-15(2)10-19-21(27(19,4)5)18(24(28)34)11-17(13-32)23(33)29(28,36)25(14)37-26(35)22-16(3)30-20-8-6-7-9-31(20)22/h6-9,11-12,15,18-19,21,23,25,32-33,36H,10,13H2,1-5H3/t15?,18-,19+,21-,23+,25-,28?,29-/m0/s1. The fourth-order valence-corrected chi connectivity index (χ4v) is 8.12. The minimum atomic E-state index is -2.16. The molecule has 8 heteroatoms. The van der Waals surface area contributed by atoms with Crippen LogP contribution in [-0.4, -0.2) is 60.9 Å². The molecule has 2 saturated carbocycles. The summed E-state index contributed by atoms with van der Waals surface area (Å²) in [6.07, 6.45) is 2.94. The van der Waals surface area contributed by atoms with Crippen LogP contribution in [0.4, 0.5) is 0 Å². The van der Waals surface area contributed by atoms with Crippen molar-refractivity contribution in [2.45, 2.75) is 58.8 Å². The van der Waals surface area contributed by atoms with Gasteiger partial charge < -0.3 is 20.1 Å². The van der Waals surface area contributed by atoms with Crippen LogP contribution >= 0.6 is 0 Å². The monoisotopic (exact) mass is 506 g/mol. The van der Waals surface area contributed by atoms with Crippen molar-refractivity contribution in [3.05, 3.63) is 59.1 Å². The number of carbonyl (C=O) groups is 2. The van der Waals surface area contributed by atoms with E-state index < -0.39 is 41.7 Å². The van der Waals surface area contributed by atoms with Gasteiger partial charge in [-0.2, -0.15) is 0 Å². The van der Waals surface area contributed by atoms with E-state index >= 15 is 0 Å². The highest BCUT2D eigenvalue weighted by Crippen LogP contribution is 2.71. The van der Waals surface area contributed by atoms with Gasteiger partial charge in [0.1, 0.15) is 11.8 Å². The quantitative estimate of drug-likeness (QED) is 0.432. The minimum Gasteiger partial charge on any atom is -0.450 e. The maximum Gasteiger partial charge on any atom is 0.357 e. The summed E-state index contributed by atoms with van der Waals surface area (Å²) in [5.74, 6) is -1.40. The third-order valence-electron chi connectivity index (χ3n) is 10.0. The predicted octanol–water partition coefficient (Wildman–Crippen LogP) is 2.64. The molecule has 2 aromatic rings. The molecule has 3 N–H and O–H groups in total. The zero-order valence-corrected chi connectivity index (χ0v) is 21.8. The van der Waals surface area contributed by atoms with Gasteiger partial charge in [0, 0.05) is 12.1 Å². The van der Waals surface area contributed by atoms with Crippen molar-refractivity contribution in [3.8, 4) is 0 Å². The Kier molecular flexibility index (Phi) is 5.05. The number of imidazole rings is 1. The molecule has 2 fully saturated rings. The Morgan fingerprint density at radius 3 is 2.70 bits per heavy atom. The van der Waals surface area contributed by atoms with Crippen LogP contribution in [0.15, 0.2) is 47.7 Å². The molecule has 0 aromatic carbocycles. The maximum absolute atomic E-state index is 14.4. The number of aromatic nitrogens is 2. The number of hydrogen-bond donors (Lipinski definition) is 3. The van der Waals surface area contributed by atoms with Crippen LogP contribution in [0.1, 0.15) is 50.3 Å². The Labute approximate surface area is 215 Å². The van der Waals surface area contributed by atoms with E-state index in [9.17, 15) is 24.9 Å². The van der Waals surface area contributed by atoms with Crippen LogP contribution in [-0.2, 0) is 9.53 Å². The summed E-state index contributed by atoms with van der Waals surface area (Å²) < 4.78 is 7.64. The number of pyridine rings is 1. The number of Topliss-reactive ketones (excluding diaryl/α,β-unsaturated/α-hetero) is 1. The van der Waals surface area contributed by atoms with Gasteiger partial charge >= 0.3 is 5.97 Å². The molecule has 4 aliphatic rings. The van der Waals surface area contributed by atoms with Gasteiger partial charge in [-0.05, 0) is 66.7 Å². The molecule has 2 aromatic heterocycles. The first kappa shape index (κ1) is 24.5. The average Bonchev–Trinajstić information content (AvgIpc) is 3.14. The lowest BCUT2D eigenvalue weighted by Crippen LogP contribution is -2.65. The molecule has 2 bridgehead atoms. The summed E-state index contributed by atoms with van der Waals surface area (Å²) in [6, 6.07) is 5.37. The van der Waals surface area contributed by atoms with E-state index in [0.29, 0.717) is 23.3 Å². The van der Waals surface area contributed by atoms with E-state index in [1.165, 1.54) is 0 Å².